The Morgan fingerprint density at radius 1 is 1.21 bits per heavy atom. The lowest BCUT2D eigenvalue weighted by molar-refractivity contribution is 0.553. The van der Waals surface area contributed by atoms with Crippen molar-refractivity contribution >= 4 is 40.2 Å². The fourth-order valence-corrected chi connectivity index (χ4v) is 3.39. The molecule has 1 nitrogen and oxygen atoms in total. The molecule has 0 radical (unpaired) electrons. The summed E-state index contributed by atoms with van der Waals surface area (Å²) < 4.78 is 13.2. The Bertz CT molecular complexity index is 532. The Kier molecular flexibility index (Phi) is 4.71. The number of anilines is 1. The van der Waals surface area contributed by atoms with Gasteiger partial charge in [-0.1, -0.05) is 43.1 Å². The van der Waals surface area contributed by atoms with Crippen molar-refractivity contribution < 1.29 is 4.39 Å². The van der Waals surface area contributed by atoms with Gasteiger partial charge in [0.2, 0.25) is 0 Å². The van der Waals surface area contributed by atoms with Gasteiger partial charge in [0.15, 0.2) is 0 Å². The zero-order valence-electron chi connectivity index (χ0n) is 10.6. The lowest BCUT2D eigenvalue weighted by atomic mass is 10.0. The molecule has 1 heterocycles. The van der Waals surface area contributed by atoms with Crippen molar-refractivity contribution in [2.45, 2.75) is 19.9 Å². The van der Waals surface area contributed by atoms with Gasteiger partial charge in [-0.05, 0) is 29.5 Å². The van der Waals surface area contributed by atoms with Crippen molar-refractivity contribution in [3.63, 3.8) is 0 Å². The van der Waals surface area contributed by atoms with Gasteiger partial charge in [0.05, 0.1) is 21.8 Å². The molecule has 102 valence electrons. The average Bonchev–Trinajstić information content (AvgIpc) is 2.80. The van der Waals surface area contributed by atoms with Crippen LogP contribution in [0.15, 0.2) is 29.6 Å². The van der Waals surface area contributed by atoms with Crippen molar-refractivity contribution in [2.24, 2.45) is 5.92 Å². The van der Waals surface area contributed by atoms with Gasteiger partial charge in [0, 0.05) is 4.88 Å². The molecule has 2 rings (SSSR count). The maximum absolute atomic E-state index is 13.2. The van der Waals surface area contributed by atoms with Crippen LogP contribution in [0.25, 0.3) is 0 Å². The Labute approximate surface area is 126 Å². The normalized spacial score (nSPS) is 12.7. The SMILES string of the molecule is CC(C)C(Nc1c(Cl)cc(F)cc1Cl)c1cccs1. The van der Waals surface area contributed by atoms with E-state index in [1.54, 1.807) is 11.3 Å². The molecule has 0 aliphatic heterocycles. The second-order valence-corrected chi connectivity index (χ2v) is 6.42. The Morgan fingerprint density at radius 3 is 2.32 bits per heavy atom. The monoisotopic (exact) mass is 317 g/mol. The van der Waals surface area contributed by atoms with Gasteiger partial charge >= 0.3 is 0 Å². The fourth-order valence-electron chi connectivity index (χ4n) is 1.87. The standard InChI is InChI=1S/C14H14Cl2FNS/c1-8(2)13(12-4-3-5-19-12)18-14-10(15)6-9(17)7-11(14)16/h3-8,13,18H,1-2H3. The highest BCUT2D eigenvalue weighted by molar-refractivity contribution is 7.10. The van der Waals surface area contributed by atoms with Crippen molar-refractivity contribution in [3.8, 4) is 0 Å². The highest BCUT2D eigenvalue weighted by Gasteiger charge is 2.19. The molecule has 5 heteroatoms. The molecule has 0 bridgehead atoms. The van der Waals surface area contributed by atoms with Crippen LogP contribution in [0.5, 0.6) is 0 Å². The van der Waals surface area contributed by atoms with Crippen molar-refractivity contribution in [1.29, 1.82) is 0 Å². The second kappa shape index (κ2) is 6.12. The average molecular weight is 318 g/mol. The number of nitrogens with one attached hydrogen (secondary N) is 1. The van der Waals surface area contributed by atoms with E-state index in [-0.39, 0.29) is 6.04 Å². The van der Waals surface area contributed by atoms with E-state index in [2.05, 4.69) is 25.2 Å². The highest BCUT2D eigenvalue weighted by Crippen LogP contribution is 2.37. The summed E-state index contributed by atoms with van der Waals surface area (Å²) in [5, 5.41) is 5.95. The van der Waals surface area contributed by atoms with E-state index in [0.29, 0.717) is 21.7 Å². The van der Waals surface area contributed by atoms with Crippen molar-refractivity contribution in [2.75, 3.05) is 5.32 Å². The third kappa shape index (κ3) is 3.41. The quantitative estimate of drug-likeness (QED) is 0.728. The number of hydrogen-bond acceptors (Lipinski definition) is 2. The molecule has 0 saturated heterocycles. The second-order valence-electron chi connectivity index (χ2n) is 4.63. The van der Waals surface area contributed by atoms with Gasteiger partial charge in [-0.25, -0.2) is 4.39 Å². The molecular formula is C14H14Cl2FNS. The zero-order valence-corrected chi connectivity index (χ0v) is 12.9. The molecule has 0 aliphatic carbocycles. The number of thiophene rings is 1. The van der Waals surface area contributed by atoms with Gasteiger partial charge in [0.1, 0.15) is 5.82 Å². The molecule has 1 aromatic carbocycles. The maximum atomic E-state index is 13.2. The van der Waals surface area contributed by atoms with Crippen LogP contribution < -0.4 is 5.32 Å². The van der Waals surface area contributed by atoms with Crippen LogP contribution in [0.4, 0.5) is 10.1 Å². The first-order valence-electron chi connectivity index (χ1n) is 5.93. The maximum Gasteiger partial charge on any atom is 0.126 e. The molecule has 0 amide bonds. The van der Waals surface area contributed by atoms with Crippen LogP contribution in [0.2, 0.25) is 10.0 Å². The van der Waals surface area contributed by atoms with Crippen LogP contribution in [-0.4, -0.2) is 0 Å². The molecule has 1 atom stereocenters. The van der Waals surface area contributed by atoms with Gasteiger partial charge in [0.25, 0.3) is 0 Å². The summed E-state index contributed by atoms with van der Waals surface area (Å²) in [4.78, 5) is 1.20. The predicted molar refractivity (Wildman–Crippen MR) is 81.9 cm³/mol. The van der Waals surface area contributed by atoms with E-state index in [4.69, 9.17) is 23.2 Å². The zero-order chi connectivity index (χ0) is 14.0. The third-order valence-corrected chi connectivity index (χ3v) is 4.37. The van der Waals surface area contributed by atoms with Gasteiger partial charge in [-0.15, -0.1) is 11.3 Å². The highest BCUT2D eigenvalue weighted by atomic mass is 35.5. The largest absolute Gasteiger partial charge is 0.375 e. The van der Waals surface area contributed by atoms with E-state index in [0.717, 1.165) is 0 Å². The Hall–Kier alpha value is -0.770. The van der Waals surface area contributed by atoms with Gasteiger partial charge in [-0.3, -0.25) is 0 Å². The summed E-state index contributed by atoms with van der Waals surface area (Å²) >= 11 is 13.8. The molecule has 0 saturated carbocycles. The molecule has 0 aliphatic rings. The molecular weight excluding hydrogens is 304 g/mol. The summed E-state index contributed by atoms with van der Waals surface area (Å²) in [6.45, 7) is 4.23. The van der Waals surface area contributed by atoms with Crippen LogP contribution in [0.1, 0.15) is 24.8 Å². The summed E-state index contributed by atoms with van der Waals surface area (Å²) in [6, 6.07) is 6.70. The van der Waals surface area contributed by atoms with Crippen LogP contribution >= 0.6 is 34.5 Å². The first-order valence-corrected chi connectivity index (χ1v) is 7.57. The van der Waals surface area contributed by atoms with Crippen LogP contribution in [0, 0.1) is 11.7 Å². The van der Waals surface area contributed by atoms with Crippen molar-refractivity contribution in [1.82, 2.24) is 0 Å². The Morgan fingerprint density at radius 2 is 1.84 bits per heavy atom. The minimum atomic E-state index is -0.433. The smallest absolute Gasteiger partial charge is 0.126 e. The number of hydrogen-bond donors (Lipinski definition) is 1. The van der Waals surface area contributed by atoms with Crippen LogP contribution in [-0.2, 0) is 0 Å². The molecule has 0 fully saturated rings. The summed E-state index contributed by atoms with van der Waals surface area (Å²) in [5.74, 6) is -0.0754. The van der Waals surface area contributed by atoms with E-state index in [1.165, 1.54) is 17.0 Å². The van der Waals surface area contributed by atoms with E-state index in [9.17, 15) is 4.39 Å². The predicted octanol–water partition coefficient (Wildman–Crippen LogP) is 6.00. The van der Waals surface area contributed by atoms with E-state index < -0.39 is 5.82 Å². The third-order valence-electron chi connectivity index (χ3n) is 2.82. The summed E-state index contributed by atoms with van der Waals surface area (Å²) in [7, 11) is 0. The number of benzene rings is 1. The van der Waals surface area contributed by atoms with Gasteiger partial charge in [-0.2, -0.15) is 0 Å². The summed E-state index contributed by atoms with van der Waals surface area (Å²) in [5.41, 5.74) is 0.580. The first-order chi connectivity index (χ1) is 8.99. The lowest BCUT2D eigenvalue weighted by Gasteiger charge is -2.23. The lowest BCUT2D eigenvalue weighted by Crippen LogP contribution is -2.16. The number of rotatable bonds is 4. The van der Waals surface area contributed by atoms with E-state index >= 15 is 0 Å². The minimum absolute atomic E-state index is 0.0976. The summed E-state index contributed by atoms with van der Waals surface area (Å²) in [6.07, 6.45) is 0. The molecule has 1 aromatic heterocycles. The van der Waals surface area contributed by atoms with E-state index in [1.807, 2.05) is 11.4 Å². The molecule has 19 heavy (non-hydrogen) atoms. The topological polar surface area (TPSA) is 12.0 Å². The minimum Gasteiger partial charge on any atom is -0.375 e. The molecule has 0 spiro atoms. The van der Waals surface area contributed by atoms with Crippen LogP contribution in [0.3, 0.4) is 0 Å². The Balaban J connectivity index is 2.33. The van der Waals surface area contributed by atoms with Gasteiger partial charge < -0.3 is 5.32 Å². The fraction of sp³-hybridized carbons (Fsp3) is 0.286. The molecule has 2 aromatic rings. The molecule has 1 unspecified atom stereocenters. The molecule has 1 N–H and O–H groups in total. The van der Waals surface area contributed by atoms with Crippen molar-refractivity contribution in [3.05, 3.63) is 50.4 Å². The first kappa shape index (κ1) is 14.6. The number of halogens is 3.